The molecule has 0 radical (unpaired) electrons. The topological polar surface area (TPSA) is 101 Å². The monoisotopic (exact) mass is 451 g/mol. The van der Waals surface area contributed by atoms with Crippen LogP contribution in [0.1, 0.15) is 53.9 Å². The Morgan fingerprint density at radius 1 is 1.18 bits per heavy atom. The second-order valence-electron chi connectivity index (χ2n) is 9.00. The second-order valence-corrected chi connectivity index (χ2v) is 9.00. The van der Waals surface area contributed by atoms with Crippen molar-refractivity contribution in [1.29, 1.82) is 0 Å². The molecule has 2 amide bonds. The van der Waals surface area contributed by atoms with Crippen molar-refractivity contribution in [3.05, 3.63) is 53.9 Å². The summed E-state index contributed by atoms with van der Waals surface area (Å²) >= 11 is 0. The van der Waals surface area contributed by atoms with Gasteiger partial charge in [0.2, 0.25) is 5.91 Å². The maximum Gasteiger partial charge on any atom is 0.257 e. The van der Waals surface area contributed by atoms with Gasteiger partial charge in [0.1, 0.15) is 18.0 Å². The standard InChI is InChI=1S/C25H29N3O5/c29-15-22-24-20(12-18(32-22)13-23(30)28-9-2-1-3-10-28)19-11-17(6-7-21(19)33-24)27-25(31)16-5-4-8-26-14-16/h4-8,11,14,18,20,22,24,29H,1-3,9-10,12-13,15H2,(H,27,31)/t18-,20+,22+,24-/m1/s1. The molecule has 8 heteroatoms. The Hall–Kier alpha value is -2.97. The third kappa shape index (κ3) is 4.58. The fraction of sp³-hybridized carbons (Fsp3) is 0.480. The number of piperidine rings is 1. The van der Waals surface area contributed by atoms with E-state index in [0.29, 0.717) is 24.1 Å². The van der Waals surface area contributed by atoms with E-state index in [0.717, 1.165) is 37.2 Å². The van der Waals surface area contributed by atoms with E-state index in [1.54, 1.807) is 24.4 Å². The lowest BCUT2D eigenvalue weighted by molar-refractivity contribution is -0.149. The highest BCUT2D eigenvalue weighted by molar-refractivity contribution is 6.04. The predicted octanol–water partition coefficient (Wildman–Crippen LogP) is 2.73. The average molecular weight is 452 g/mol. The van der Waals surface area contributed by atoms with Gasteiger partial charge in [-0.1, -0.05) is 0 Å². The molecule has 0 spiro atoms. The first-order valence-corrected chi connectivity index (χ1v) is 11.7. The number of anilines is 1. The molecule has 174 valence electrons. The number of pyridine rings is 1. The molecule has 1 aromatic carbocycles. The number of likely N-dealkylation sites (tertiary alicyclic amines) is 1. The molecule has 3 aliphatic rings. The van der Waals surface area contributed by atoms with Gasteiger partial charge in [0.15, 0.2) is 0 Å². The van der Waals surface area contributed by atoms with Crippen molar-refractivity contribution in [2.45, 2.75) is 56.3 Å². The average Bonchev–Trinajstić information content (AvgIpc) is 3.22. The molecular formula is C25H29N3O5. The van der Waals surface area contributed by atoms with E-state index in [2.05, 4.69) is 10.3 Å². The molecule has 0 saturated carbocycles. The van der Waals surface area contributed by atoms with Crippen LogP contribution in [0.2, 0.25) is 0 Å². The van der Waals surface area contributed by atoms with Crippen LogP contribution < -0.4 is 10.1 Å². The van der Waals surface area contributed by atoms with Gasteiger partial charge in [-0.3, -0.25) is 14.6 Å². The molecule has 1 aromatic heterocycles. The number of hydrogen-bond donors (Lipinski definition) is 2. The Bertz CT molecular complexity index is 1010. The molecule has 2 saturated heterocycles. The molecule has 4 heterocycles. The largest absolute Gasteiger partial charge is 0.487 e. The molecule has 2 fully saturated rings. The van der Waals surface area contributed by atoms with Crippen LogP contribution >= 0.6 is 0 Å². The summed E-state index contributed by atoms with van der Waals surface area (Å²) in [6.45, 7) is 1.45. The number of aliphatic hydroxyl groups is 1. The third-order valence-electron chi connectivity index (χ3n) is 6.79. The Balaban J connectivity index is 1.31. The van der Waals surface area contributed by atoms with Crippen LogP contribution in [-0.2, 0) is 9.53 Å². The Kier molecular flexibility index (Phi) is 6.28. The van der Waals surface area contributed by atoms with Crippen LogP contribution in [-0.4, -0.2) is 64.8 Å². The summed E-state index contributed by atoms with van der Waals surface area (Å²) in [4.78, 5) is 31.3. The number of carbonyl (C=O) groups excluding carboxylic acids is 2. The molecule has 2 N–H and O–H groups in total. The van der Waals surface area contributed by atoms with Gasteiger partial charge in [-0.15, -0.1) is 0 Å². The van der Waals surface area contributed by atoms with Crippen LogP contribution in [0.5, 0.6) is 5.75 Å². The van der Waals surface area contributed by atoms with Gasteiger partial charge in [0, 0.05) is 42.7 Å². The third-order valence-corrected chi connectivity index (χ3v) is 6.79. The van der Waals surface area contributed by atoms with Crippen LogP contribution in [0.15, 0.2) is 42.7 Å². The first-order valence-electron chi connectivity index (χ1n) is 11.7. The van der Waals surface area contributed by atoms with Crippen LogP contribution in [0.3, 0.4) is 0 Å². The molecular weight excluding hydrogens is 422 g/mol. The number of amides is 2. The number of carbonyl (C=O) groups is 2. The highest BCUT2D eigenvalue weighted by Gasteiger charge is 2.46. The molecule has 0 bridgehead atoms. The highest BCUT2D eigenvalue weighted by Crippen LogP contribution is 2.47. The summed E-state index contributed by atoms with van der Waals surface area (Å²) < 4.78 is 12.2. The van der Waals surface area contributed by atoms with E-state index in [4.69, 9.17) is 9.47 Å². The van der Waals surface area contributed by atoms with E-state index in [9.17, 15) is 14.7 Å². The molecule has 0 aliphatic carbocycles. The summed E-state index contributed by atoms with van der Waals surface area (Å²) in [5.41, 5.74) is 2.12. The van der Waals surface area contributed by atoms with Gasteiger partial charge in [-0.05, 0) is 56.0 Å². The van der Waals surface area contributed by atoms with Gasteiger partial charge in [-0.25, -0.2) is 0 Å². The number of rotatable bonds is 5. The second kappa shape index (κ2) is 9.49. The van der Waals surface area contributed by atoms with Crippen molar-refractivity contribution in [2.75, 3.05) is 25.0 Å². The van der Waals surface area contributed by atoms with Gasteiger partial charge < -0.3 is 24.8 Å². The number of nitrogens with zero attached hydrogens (tertiary/aromatic N) is 2. The van der Waals surface area contributed by atoms with Gasteiger partial charge >= 0.3 is 0 Å². The minimum atomic E-state index is -0.497. The van der Waals surface area contributed by atoms with E-state index >= 15 is 0 Å². The zero-order chi connectivity index (χ0) is 22.8. The number of fused-ring (bicyclic) bond motifs is 3. The smallest absolute Gasteiger partial charge is 0.257 e. The fourth-order valence-corrected chi connectivity index (χ4v) is 5.13. The number of aliphatic hydroxyl groups excluding tert-OH is 1. The van der Waals surface area contributed by atoms with E-state index in [-0.39, 0.29) is 36.5 Å². The first kappa shape index (κ1) is 21.9. The van der Waals surface area contributed by atoms with Gasteiger partial charge in [-0.2, -0.15) is 0 Å². The number of aromatic nitrogens is 1. The maximum absolute atomic E-state index is 12.8. The Morgan fingerprint density at radius 2 is 2.03 bits per heavy atom. The summed E-state index contributed by atoms with van der Waals surface area (Å²) in [5, 5.41) is 12.9. The van der Waals surface area contributed by atoms with Crippen molar-refractivity contribution >= 4 is 17.5 Å². The van der Waals surface area contributed by atoms with E-state index in [1.807, 2.05) is 17.0 Å². The van der Waals surface area contributed by atoms with Crippen LogP contribution in [0, 0.1) is 0 Å². The van der Waals surface area contributed by atoms with E-state index in [1.165, 1.54) is 12.6 Å². The van der Waals surface area contributed by atoms with Crippen molar-refractivity contribution in [3.8, 4) is 5.75 Å². The zero-order valence-electron chi connectivity index (χ0n) is 18.5. The lowest BCUT2D eigenvalue weighted by Gasteiger charge is -2.38. The van der Waals surface area contributed by atoms with Crippen molar-refractivity contribution in [2.24, 2.45) is 0 Å². The molecule has 2 aromatic rings. The molecule has 0 unspecified atom stereocenters. The fourth-order valence-electron chi connectivity index (χ4n) is 5.13. The molecule has 4 atom stereocenters. The number of hydrogen-bond acceptors (Lipinski definition) is 6. The molecule has 8 nitrogen and oxygen atoms in total. The van der Waals surface area contributed by atoms with Gasteiger partial charge in [0.05, 0.1) is 24.7 Å². The Labute approximate surface area is 192 Å². The summed E-state index contributed by atoms with van der Waals surface area (Å²) in [6.07, 6.45) is 6.29. The number of benzene rings is 1. The molecule has 3 aliphatic heterocycles. The van der Waals surface area contributed by atoms with Crippen molar-refractivity contribution in [1.82, 2.24) is 9.88 Å². The van der Waals surface area contributed by atoms with Crippen molar-refractivity contribution in [3.63, 3.8) is 0 Å². The quantitative estimate of drug-likeness (QED) is 0.725. The van der Waals surface area contributed by atoms with E-state index < -0.39 is 6.10 Å². The normalized spacial score (nSPS) is 26.2. The number of nitrogens with one attached hydrogen (secondary N) is 1. The summed E-state index contributed by atoms with van der Waals surface area (Å²) in [7, 11) is 0. The SMILES string of the molecule is O=C(Nc1ccc2c(c1)[C@@H]1C[C@H](CC(=O)N3CCCCC3)O[C@@H](CO)[C@@H]1O2)c1cccnc1. The zero-order valence-corrected chi connectivity index (χ0v) is 18.5. The number of ether oxygens (including phenoxy) is 2. The maximum atomic E-state index is 12.8. The summed E-state index contributed by atoms with van der Waals surface area (Å²) in [6, 6.07) is 9.00. The lowest BCUT2D eigenvalue weighted by atomic mass is 9.84. The first-order chi connectivity index (χ1) is 16.1. The minimum Gasteiger partial charge on any atom is -0.487 e. The highest BCUT2D eigenvalue weighted by atomic mass is 16.6. The van der Waals surface area contributed by atoms with Crippen LogP contribution in [0.4, 0.5) is 5.69 Å². The Morgan fingerprint density at radius 3 is 2.79 bits per heavy atom. The lowest BCUT2D eigenvalue weighted by Crippen LogP contribution is -2.48. The predicted molar refractivity (Wildman–Crippen MR) is 121 cm³/mol. The van der Waals surface area contributed by atoms with Gasteiger partial charge in [0.25, 0.3) is 5.91 Å². The van der Waals surface area contributed by atoms with Crippen molar-refractivity contribution < 1.29 is 24.2 Å². The molecule has 5 rings (SSSR count). The minimum absolute atomic E-state index is 0.0136. The molecule has 33 heavy (non-hydrogen) atoms. The van der Waals surface area contributed by atoms with Crippen LogP contribution in [0.25, 0.3) is 0 Å². The summed E-state index contributed by atoms with van der Waals surface area (Å²) in [5.74, 6) is 0.602.